The molecule has 176 valence electrons. The molecule has 33 heavy (non-hydrogen) atoms. The van der Waals surface area contributed by atoms with Crippen LogP contribution in [0.15, 0.2) is 29.0 Å². The smallest absolute Gasteiger partial charge is 0.255 e. The van der Waals surface area contributed by atoms with Crippen molar-refractivity contribution in [3.8, 4) is 5.75 Å². The van der Waals surface area contributed by atoms with Gasteiger partial charge in [0.2, 0.25) is 5.78 Å². The Kier molecular flexibility index (Phi) is 4.96. The summed E-state index contributed by atoms with van der Waals surface area (Å²) in [5, 5.41) is 55.2. The third kappa shape index (κ3) is 2.75. The maximum Gasteiger partial charge on any atom is 0.255 e. The SMILES string of the molecule is CN(C)[C@@H]1C(=O)C(C(N)=O)=C(O)[C@@]2(O)C(=O)C3=C(O)c4c(O)ccc(Cl)c4[C@@](C)(O)C3C[C@@H]12. The highest BCUT2D eigenvalue weighted by Gasteiger charge is 2.66. The van der Waals surface area contributed by atoms with E-state index in [-0.39, 0.29) is 22.6 Å². The molecule has 1 aromatic carbocycles. The zero-order valence-electron chi connectivity index (χ0n) is 18.0. The number of amides is 1. The summed E-state index contributed by atoms with van der Waals surface area (Å²) in [6, 6.07) is 1.24. The number of halogens is 1. The lowest BCUT2D eigenvalue weighted by atomic mass is 9.54. The fourth-order valence-corrected chi connectivity index (χ4v) is 5.93. The van der Waals surface area contributed by atoms with Crippen molar-refractivity contribution in [2.24, 2.45) is 17.6 Å². The number of carbonyl (C=O) groups is 3. The number of fused-ring (bicyclic) bond motifs is 3. The van der Waals surface area contributed by atoms with Gasteiger partial charge in [0.25, 0.3) is 5.91 Å². The number of aromatic hydroxyl groups is 1. The first-order valence-corrected chi connectivity index (χ1v) is 10.5. The van der Waals surface area contributed by atoms with Crippen LogP contribution in [0.1, 0.15) is 24.5 Å². The Morgan fingerprint density at radius 3 is 2.33 bits per heavy atom. The molecule has 0 aromatic heterocycles. The Labute approximate surface area is 193 Å². The van der Waals surface area contributed by atoms with E-state index in [0.29, 0.717) is 0 Å². The van der Waals surface area contributed by atoms with Gasteiger partial charge < -0.3 is 31.3 Å². The highest BCUT2D eigenvalue weighted by molar-refractivity contribution is 6.32. The minimum atomic E-state index is -2.78. The number of phenolic OH excluding ortho intramolecular Hbond substituents is 1. The van der Waals surface area contributed by atoms with Crippen LogP contribution in [0.5, 0.6) is 5.75 Å². The third-order valence-corrected chi connectivity index (χ3v) is 7.39. The van der Waals surface area contributed by atoms with Gasteiger partial charge in [0.1, 0.15) is 22.8 Å². The van der Waals surface area contributed by atoms with Crippen LogP contribution in [0.4, 0.5) is 0 Å². The van der Waals surface area contributed by atoms with Crippen LogP contribution in [0, 0.1) is 11.8 Å². The Bertz CT molecular complexity index is 1200. The van der Waals surface area contributed by atoms with E-state index in [1.54, 1.807) is 0 Å². The molecule has 4 rings (SSSR count). The maximum absolute atomic E-state index is 13.7. The minimum absolute atomic E-state index is 0.0187. The Hall–Kier alpha value is -2.92. The molecule has 1 saturated carbocycles. The molecule has 0 radical (unpaired) electrons. The van der Waals surface area contributed by atoms with Crippen molar-refractivity contribution in [1.29, 1.82) is 0 Å². The summed E-state index contributed by atoms with van der Waals surface area (Å²) in [6.07, 6.45) is -0.259. The lowest BCUT2D eigenvalue weighted by Gasteiger charge is -2.53. The topological polar surface area (TPSA) is 182 Å². The van der Waals surface area contributed by atoms with Crippen molar-refractivity contribution < 1.29 is 39.9 Å². The summed E-state index contributed by atoms with van der Waals surface area (Å²) in [7, 11) is 2.97. The number of likely N-dealkylation sites (N-methyl/N-ethyl adjacent to an activating group) is 1. The van der Waals surface area contributed by atoms with Gasteiger partial charge in [-0.3, -0.25) is 19.3 Å². The molecular formula is C22H23ClN2O8. The molecule has 1 fully saturated rings. The number of phenols is 1. The number of ketones is 2. The van der Waals surface area contributed by atoms with Crippen molar-refractivity contribution >= 4 is 34.8 Å². The van der Waals surface area contributed by atoms with E-state index < -0.39 is 75.0 Å². The van der Waals surface area contributed by atoms with E-state index in [9.17, 15) is 39.9 Å². The van der Waals surface area contributed by atoms with Gasteiger partial charge in [-0.05, 0) is 39.6 Å². The molecule has 5 atom stereocenters. The van der Waals surface area contributed by atoms with E-state index in [2.05, 4.69) is 0 Å². The van der Waals surface area contributed by atoms with Gasteiger partial charge in [0, 0.05) is 28.0 Å². The Balaban J connectivity index is 2.07. The van der Waals surface area contributed by atoms with Crippen LogP contribution >= 0.6 is 11.6 Å². The molecule has 0 saturated heterocycles. The van der Waals surface area contributed by atoms with Gasteiger partial charge in [-0.15, -0.1) is 0 Å². The fraction of sp³-hybridized carbons (Fsp3) is 0.409. The monoisotopic (exact) mass is 478 g/mol. The fourth-order valence-electron chi connectivity index (χ4n) is 5.58. The summed E-state index contributed by atoms with van der Waals surface area (Å²) in [6.45, 7) is 1.34. The second-order valence-corrected chi connectivity index (χ2v) is 9.48. The summed E-state index contributed by atoms with van der Waals surface area (Å²) in [5.74, 6) is -8.30. The second kappa shape index (κ2) is 7.04. The zero-order chi connectivity index (χ0) is 24.8. The summed E-state index contributed by atoms with van der Waals surface area (Å²) < 4.78 is 0. The predicted octanol–water partition coefficient (Wildman–Crippen LogP) is 0.282. The van der Waals surface area contributed by atoms with Crippen LogP contribution in [-0.4, -0.2) is 73.6 Å². The van der Waals surface area contributed by atoms with E-state index in [0.717, 1.165) is 0 Å². The molecule has 0 heterocycles. The number of primary amides is 1. The molecule has 10 nitrogen and oxygen atoms in total. The number of Topliss-reactive ketones (excluding diaryl/α,β-unsaturated/α-hetero) is 2. The molecule has 0 spiro atoms. The number of nitrogens with two attached hydrogens (primary N) is 1. The van der Waals surface area contributed by atoms with Crippen LogP contribution < -0.4 is 5.73 Å². The molecule has 1 aromatic rings. The minimum Gasteiger partial charge on any atom is -0.508 e. The molecule has 1 amide bonds. The molecule has 7 N–H and O–H groups in total. The number of hydrogen-bond acceptors (Lipinski definition) is 9. The number of nitrogens with zero attached hydrogens (tertiary/aromatic N) is 1. The summed E-state index contributed by atoms with van der Waals surface area (Å²) in [5.41, 5.74) is -1.10. The lowest BCUT2D eigenvalue weighted by molar-refractivity contribution is -0.159. The molecular weight excluding hydrogens is 456 g/mol. The van der Waals surface area contributed by atoms with E-state index in [4.69, 9.17) is 17.3 Å². The molecule has 0 aliphatic heterocycles. The quantitative estimate of drug-likeness (QED) is 0.325. The molecule has 3 aliphatic rings. The molecule has 11 heteroatoms. The summed E-state index contributed by atoms with van der Waals surface area (Å²) >= 11 is 6.28. The predicted molar refractivity (Wildman–Crippen MR) is 115 cm³/mol. The van der Waals surface area contributed by atoms with E-state index >= 15 is 0 Å². The number of aliphatic hydroxyl groups is 4. The van der Waals surface area contributed by atoms with Crippen LogP contribution in [0.2, 0.25) is 5.02 Å². The maximum atomic E-state index is 13.7. The molecule has 1 unspecified atom stereocenters. The Morgan fingerprint density at radius 1 is 1.18 bits per heavy atom. The van der Waals surface area contributed by atoms with E-state index in [1.807, 2.05) is 0 Å². The normalized spacial score (nSPS) is 33.7. The van der Waals surface area contributed by atoms with Crippen molar-refractivity contribution in [3.05, 3.63) is 45.2 Å². The average molecular weight is 479 g/mol. The number of rotatable bonds is 2. The van der Waals surface area contributed by atoms with Crippen LogP contribution in [0.25, 0.3) is 5.76 Å². The van der Waals surface area contributed by atoms with Gasteiger partial charge in [0.05, 0.1) is 17.2 Å². The van der Waals surface area contributed by atoms with Crippen molar-refractivity contribution in [3.63, 3.8) is 0 Å². The third-order valence-electron chi connectivity index (χ3n) is 7.07. The lowest BCUT2D eigenvalue weighted by Crippen LogP contribution is -2.67. The van der Waals surface area contributed by atoms with Gasteiger partial charge in [-0.25, -0.2) is 0 Å². The molecule has 0 bridgehead atoms. The van der Waals surface area contributed by atoms with Gasteiger partial charge >= 0.3 is 0 Å². The number of hydrogen-bond donors (Lipinski definition) is 6. The van der Waals surface area contributed by atoms with Gasteiger partial charge in [-0.1, -0.05) is 11.6 Å². The largest absolute Gasteiger partial charge is 0.508 e. The zero-order valence-corrected chi connectivity index (χ0v) is 18.7. The van der Waals surface area contributed by atoms with E-state index in [1.165, 1.54) is 38.1 Å². The number of benzene rings is 1. The molecule has 3 aliphatic carbocycles. The number of aliphatic hydroxyl groups excluding tert-OH is 2. The van der Waals surface area contributed by atoms with Crippen LogP contribution in [0.3, 0.4) is 0 Å². The second-order valence-electron chi connectivity index (χ2n) is 9.08. The van der Waals surface area contributed by atoms with Crippen molar-refractivity contribution in [2.45, 2.75) is 30.6 Å². The Morgan fingerprint density at radius 2 is 1.79 bits per heavy atom. The van der Waals surface area contributed by atoms with Crippen LogP contribution in [-0.2, 0) is 20.0 Å². The highest BCUT2D eigenvalue weighted by atomic mass is 35.5. The average Bonchev–Trinajstić information content (AvgIpc) is 2.69. The standard InChI is InChI=1S/C22H23ClN2O8/c1-21(32)7-6-8-15(25(2)3)17(28)13(20(24)31)19(30)22(8,33)18(29)11(7)16(27)12-10(26)5-4-9(23)14(12)21/h4-5,7-8,15,26-27,30,32-33H,6H2,1-3H3,(H2,24,31)/t7?,8-,15-,21-,22-/m0/s1. The van der Waals surface area contributed by atoms with Gasteiger partial charge in [0.15, 0.2) is 11.4 Å². The first-order chi connectivity index (χ1) is 15.2. The summed E-state index contributed by atoms with van der Waals surface area (Å²) in [4.78, 5) is 40.1. The van der Waals surface area contributed by atoms with Crippen molar-refractivity contribution in [2.75, 3.05) is 14.1 Å². The van der Waals surface area contributed by atoms with Crippen molar-refractivity contribution in [1.82, 2.24) is 4.90 Å². The van der Waals surface area contributed by atoms with Gasteiger partial charge in [-0.2, -0.15) is 0 Å². The first-order valence-electron chi connectivity index (χ1n) is 10.1. The number of carbonyl (C=O) groups excluding carboxylic acids is 3. The first kappa shape index (κ1) is 23.2. The highest BCUT2D eigenvalue weighted by Crippen LogP contribution is 2.58.